The minimum absolute atomic E-state index is 0.0196. The Kier molecular flexibility index (Phi) is 6.67. The standard InChI is InChI=1S/C23H18ClF3N8O/c1-2-15(31-20-13(9-28)19(29)33-23(30)34-20)21-32-16-5-3-4-14(24)17(16)22(36)35(21)12-7-10(18(26)27)6-11(25)8-12/h3-8,15,18H,2H2,1H3,(H5,29,30,31,33,34). The van der Waals surface area contributed by atoms with Crippen LogP contribution in [-0.4, -0.2) is 19.5 Å². The first-order valence-corrected chi connectivity index (χ1v) is 10.9. The van der Waals surface area contributed by atoms with E-state index >= 15 is 0 Å². The Labute approximate surface area is 207 Å². The summed E-state index contributed by atoms with van der Waals surface area (Å²) in [5.41, 5.74) is 10.1. The third-order valence-corrected chi connectivity index (χ3v) is 5.70. The highest BCUT2D eigenvalue weighted by molar-refractivity contribution is 6.35. The molecular weight excluding hydrogens is 497 g/mol. The minimum atomic E-state index is -2.99. The van der Waals surface area contributed by atoms with Gasteiger partial charge in [0.15, 0.2) is 5.82 Å². The maximum atomic E-state index is 14.4. The molecule has 36 heavy (non-hydrogen) atoms. The fraction of sp³-hybridized carbons (Fsp3) is 0.174. The van der Waals surface area contributed by atoms with Crippen LogP contribution in [0.15, 0.2) is 41.2 Å². The molecule has 0 fully saturated rings. The molecule has 4 aromatic rings. The van der Waals surface area contributed by atoms with Gasteiger partial charge in [-0.1, -0.05) is 24.6 Å². The summed E-state index contributed by atoms with van der Waals surface area (Å²) < 4.78 is 42.3. The summed E-state index contributed by atoms with van der Waals surface area (Å²) in [5, 5.41) is 12.6. The molecule has 184 valence electrons. The zero-order chi connectivity index (χ0) is 26.1. The van der Waals surface area contributed by atoms with E-state index in [9.17, 15) is 23.2 Å². The van der Waals surface area contributed by atoms with Crippen molar-refractivity contribution in [3.8, 4) is 11.8 Å². The molecule has 0 spiro atoms. The molecule has 2 aromatic heterocycles. The van der Waals surface area contributed by atoms with Crippen LogP contribution in [0.1, 0.15) is 42.8 Å². The average Bonchev–Trinajstić information content (AvgIpc) is 2.81. The molecule has 5 N–H and O–H groups in total. The van der Waals surface area contributed by atoms with Gasteiger partial charge in [-0.05, 0) is 36.8 Å². The van der Waals surface area contributed by atoms with Crippen LogP contribution in [0.3, 0.4) is 0 Å². The molecule has 1 unspecified atom stereocenters. The third kappa shape index (κ3) is 4.48. The van der Waals surface area contributed by atoms with Crippen molar-refractivity contribution >= 4 is 40.1 Å². The van der Waals surface area contributed by atoms with Gasteiger partial charge in [0.05, 0.1) is 27.7 Å². The minimum Gasteiger partial charge on any atom is -0.382 e. The highest BCUT2D eigenvalue weighted by atomic mass is 35.5. The lowest BCUT2D eigenvalue weighted by Gasteiger charge is -2.23. The molecule has 0 radical (unpaired) electrons. The lowest BCUT2D eigenvalue weighted by atomic mass is 10.1. The molecular formula is C23H18ClF3N8O. The van der Waals surface area contributed by atoms with Gasteiger partial charge in [-0.15, -0.1) is 0 Å². The van der Waals surface area contributed by atoms with Crippen molar-refractivity contribution in [2.45, 2.75) is 25.8 Å². The van der Waals surface area contributed by atoms with Crippen LogP contribution in [0.4, 0.5) is 30.8 Å². The summed E-state index contributed by atoms with van der Waals surface area (Å²) >= 11 is 6.26. The largest absolute Gasteiger partial charge is 0.382 e. The zero-order valence-electron chi connectivity index (χ0n) is 18.6. The summed E-state index contributed by atoms with van der Waals surface area (Å²) in [7, 11) is 0. The van der Waals surface area contributed by atoms with E-state index in [2.05, 4.69) is 20.3 Å². The first-order valence-electron chi connectivity index (χ1n) is 10.5. The fourth-order valence-electron chi connectivity index (χ4n) is 3.77. The Hall–Kier alpha value is -4.37. The smallest absolute Gasteiger partial charge is 0.267 e. The number of aromatic nitrogens is 4. The summed E-state index contributed by atoms with van der Waals surface area (Å²) in [6.45, 7) is 1.74. The number of fused-ring (bicyclic) bond motifs is 1. The molecule has 0 aliphatic rings. The first-order chi connectivity index (χ1) is 17.1. The van der Waals surface area contributed by atoms with Crippen LogP contribution < -0.4 is 22.3 Å². The molecule has 0 bridgehead atoms. The number of rotatable bonds is 6. The summed E-state index contributed by atoms with van der Waals surface area (Å²) in [6, 6.07) is 8.30. The number of nitrogens with one attached hydrogen (secondary N) is 1. The predicted octanol–water partition coefficient (Wildman–Crippen LogP) is 4.51. The molecule has 0 saturated heterocycles. The molecule has 2 aromatic carbocycles. The van der Waals surface area contributed by atoms with Gasteiger partial charge in [0.2, 0.25) is 5.95 Å². The maximum absolute atomic E-state index is 14.4. The second kappa shape index (κ2) is 9.71. The van der Waals surface area contributed by atoms with E-state index in [4.69, 9.17) is 23.1 Å². The van der Waals surface area contributed by atoms with Gasteiger partial charge in [-0.25, -0.2) is 18.2 Å². The van der Waals surface area contributed by atoms with Crippen LogP contribution in [0.25, 0.3) is 16.6 Å². The topological polar surface area (TPSA) is 149 Å². The molecule has 9 nitrogen and oxygen atoms in total. The van der Waals surface area contributed by atoms with Crippen molar-refractivity contribution in [3.05, 3.63) is 74.5 Å². The number of nitrogen functional groups attached to an aromatic ring is 2. The van der Waals surface area contributed by atoms with Crippen LogP contribution in [0.2, 0.25) is 5.02 Å². The Morgan fingerprint density at radius 2 is 1.94 bits per heavy atom. The molecule has 0 amide bonds. The molecule has 13 heteroatoms. The number of alkyl halides is 2. The Balaban J connectivity index is 2.02. The molecule has 2 heterocycles. The van der Waals surface area contributed by atoms with Gasteiger partial charge >= 0.3 is 0 Å². The molecule has 0 aliphatic heterocycles. The van der Waals surface area contributed by atoms with Crippen molar-refractivity contribution in [1.82, 2.24) is 19.5 Å². The zero-order valence-corrected chi connectivity index (χ0v) is 19.4. The number of hydrogen-bond donors (Lipinski definition) is 3. The van der Waals surface area contributed by atoms with E-state index < -0.39 is 29.4 Å². The highest BCUT2D eigenvalue weighted by Crippen LogP contribution is 2.30. The van der Waals surface area contributed by atoms with Crippen LogP contribution >= 0.6 is 11.6 Å². The number of benzene rings is 2. The maximum Gasteiger partial charge on any atom is 0.267 e. The first kappa shape index (κ1) is 24.7. The second-order valence-electron chi connectivity index (χ2n) is 7.70. The molecule has 4 rings (SSSR count). The Morgan fingerprint density at radius 3 is 2.61 bits per heavy atom. The Morgan fingerprint density at radius 1 is 1.19 bits per heavy atom. The summed E-state index contributed by atoms with van der Waals surface area (Å²) in [4.78, 5) is 26.0. The SMILES string of the molecule is CCC(Nc1nc(N)nc(N)c1C#N)c1nc2cccc(Cl)c2c(=O)n1-c1cc(F)cc(C(F)F)c1. The fourth-order valence-corrected chi connectivity index (χ4v) is 4.02. The van der Waals surface area contributed by atoms with E-state index in [1.165, 1.54) is 6.07 Å². The van der Waals surface area contributed by atoms with Crippen LogP contribution in [-0.2, 0) is 0 Å². The number of nitrogens with zero attached hydrogens (tertiary/aromatic N) is 5. The monoisotopic (exact) mass is 514 g/mol. The van der Waals surface area contributed by atoms with Crippen molar-refractivity contribution in [3.63, 3.8) is 0 Å². The highest BCUT2D eigenvalue weighted by Gasteiger charge is 2.24. The van der Waals surface area contributed by atoms with Gasteiger partial charge in [-0.3, -0.25) is 9.36 Å². The number of nitrogens with two attached hydrogens (primary N) is 2. The van der Waals surface area contributed by atoms with Crippen molar-refractivity contribution < 1.29 is 13.2 Å². The van der Waals surface area contributed by atoms with Crippen LogP contribution in [0, 0.1) is 17.1 Å². The van der Waals surface area contributed by atoms with E-state index in [0.717, 1.165) is 16.7 Å². The number of nitriles is 1. The van der Waals surface area contributed by atoms with E-state index in [0.29, 0.717) is 6.07 Å². The number of anilines is 3. The number of hydrogen-bond acceptors (Lipinski definition) is 8. The van der Waals surface area contributed by atoms with E-state index in [-0.39, 0.29) is 57.0 Å². The Bertz CT molecular complexity index is 1580. The number of halogens is 4. The molecule has 0 aliphatic carbocycles. The van der Waals surface area contributed by atoms with Gasteiger partial charge in [0, 0.05) is 5.56 Å². The summed E-state index contributed by atoms with van der Waals surface area (Å²) in [6.07, 6.45) is -2.72. The van der Waals surface area contributed by atoms with Gasteiger partial charge in [-0.2, -0.15) is 15.2 Å². The van der Waals surface area contributed by atoms with Crippen molar-refractivity contribution in [2.75, 3.05) is 16.8 Å². The van der Waals surface area contributed by atoms with Crippen molar-refractivity contribution in [1.29, 1.82) is 5.26 Å². The van der Waals surface area contributed by atoms with Crippen LogP contribution in [0.5, 0.6) is 0 Å². The lowest BCUT2D eigenvalue weighted by molar-refractivity contribution is 0.151. The molecule has 1 atom stereocenters. The second-order valence-corrected chi connectivity index (χ2v) is 8.10. The van der Waals surface area contributed by atoms with Gasteiger partial charge in [0.1, 0.15) is 29.1 Å². The van der Waals surface area contributed by atoms with E-state index in [1.54, 1.807) is 19.1 Å². The summed E-state index contributed by atoms with van der Waals surface area (Å²) in [5.74, 6) is -1.32. The molecule has 0 saturated carbocycles. The van der Waals surface area contributed by atoms with E-state index in [1.807, 2.05) is 6.07 Å². The lowest BCUT2D eigenvalue weighted by Crippen LogP contribution is -2.29. The normalized spacial score (nSPS) is 12.0. The quantitative estimate of drug-likeness (QED) is 0.340. The van der Waals surface area contributed by atoms with Gasteiger partial charge in [0.25, 0.3) is 12.0 Å². The van der Waals surface area contributed by atoms with Gasteiger partial charge < -0.3 is 16.8 Å². The predicted molar refractivity (Wildman–Crippen MR) is 129 cm³/mol. The average molecular weight is 515 g/mol. The van der Waals surface area contributed by atoms with Crippen molar-refractivity contribution in [2.24, 2.45) is 0 Å². The third-order valence-electron chi connectivity index (χ3n) is 5.38.